The quantitative estimate of drug-likeness (QED) is 0.806. The van der Waals surface area contributed by atoms with Gasteiger partial charge in [-0.25, -0.2) is 14.8 Å². The maximum Gasteiger partial charge on any atom is 0.416 e. The average Bonchev–Trinajstić information content (AvgIpc) is 2.51. The zero-order valence-corrected chi connectivity index (χ0v) is 12.1. The number of carboxylic acid groups (broad SMARTS) is 1. The van der Waals surface area contributed by atoms with Gasteiger partial charge in [0.1, 0.15) is 6.33 Å². The zero-order valence-electron chi connectivity index (χ0n) is 12.1. The molecule has 25 heavy (non-hydrogen) atoms. The van der Waals surface area contributed by atoms with Crippen LogP contribution in [-0.4, -0.2) is 21.0 Å². The largest absolute Gasteiger partial charge is 0.476 e. The fourth-order valence-electron chi connectivity index (χ4n) is 1.95. The first-order valence-electron chi connectivity index (χ1n) is 6.54. The van der Waals surface area contributed by atoms with Crippen LogP contribution >= 0.6 is 0 Å². The third-order valence-corrected chi connectivity index (χ3v) is 3.05. The number of hydrogen-bond acceptors (Lipinski definition) is 4. The molecule has 0 amide bonds. The highest BCUT2D eigenvalue weighted by Gasteiger charge is 2.36. The van der Waals surface area contributed by atoms with Gasteiger partial charge in [0, 0.05) is 6.54 Å². The van der Waals surface area contributed by atoms with Gasteiger partial charge in [-0.15, -0.1) is 0 Å². The molecule has 0 saturated heterocycles. The van der Waals surface area contributed by atoms with Crippen LogP contribution in [0.3, 0.4) is 0 Å². The van der Waals surface area contributed by atoms with E-state index in [9.17, 15) is 31.1 Å². The second kappa shape index (κ2) is 6.57. The summed E-state index contributed by atoms with van der Waals surface area (Å²) in [5, 5.41) is 11.4. The molecule has 2 N–H and O–H groups in total. The molecule has 134 valence electrons. The van der Waals surface area contributed by atoms with Crippen LogP contribution in [0.15, 0.2) is 30.7 Å². The lowest BCUT2D eigenvalue weighted by molar-refractivity contribution is -0.143. The summed E-state index contributed by atoms with van der Waals surface area (Å²) in [5.41, 5.74) is -3.84. The van der Waals surface area contributed by atoms with Gasteiger partial charge in [-0.1, -0.05) is 0 Å². The Hall–Kier alpha value is -2.85. The van der Waals surface area contributed by atoms with E-state index >= 15 is 0 Å². The van der Waals surface area contributed by atoms with E-state index in [1.165, 1.54) is 0 Å². The van der Waals surface area contributed by atoms with Crippen LogP contribution in [0.25, 0.3) is 0 Å². The van der Waals surface area contributed by atoms with Crippen molar-refractivity contribution in [1.29, 1.82) is 0 Å². The highest BCUT2D eigenvalue weighted by molar-refractivity contribution is 5.91. The lowest BCUT2D eigenvalue weighted by atomic mass is 10.0. The van der Waals surface area contributed by atoms with Crippen molar-refractivity contribution in [3.8, 4) is 0 Å². The zero-order chi connectivity index (χ0) is 18.8. The lowest BCUT2D eigenvalue weighted by Crippen LogP contribution is -2.14. The summed E-state index contributed by atoms with van der Waals surface area (Å²) < 4.78 is 76.7. The van der Waals surface area contributed by atoms with Crippen molar-refractivity contribution in [2.45, 2.75) is 18.9 Å². The number of anilines is 1. The number of benzene rings is 1. The number of carbonyl (C=O) groups is 1. The highest BCUT2D eigenvalue weighted by atomic mass is 19.4. The average molecular weight is 365 g/mol. The first kappa shape index (κ1) is 18.5. The Bertz CT molecular complexity index is 757. The molecule has 0 bridgehead atoms. The smallest absolute Gasteiger partial charge is 0.416 e. The summed E-state index contributed by atoms with van der Waals surface area (Å²) in [6.07, 6.45) is -7.93. The Balaban J connectivity index is 2.35. The van der Waals surface area contributed by atoms with Gasteiger partial charge >= 0.3 is 18.3 Å². The number of rotatable bonds is 4. The fraction of sp³-hybridized carbons (Fsp3) is 0.214. The molecule has 0 aliphatic carbocycles. The SMILES string of the molecule is O=C(O)c1ncncc1NCc1cc(C(F)(F)F)cc(C(F)(F)F)c1. The third kappa shape index (κ3) is 4.58. The topological polar surface area (TPSA) is 75.1 Å². The van der Waals surface area contributed by atoms with Crippen LogP contribution in [0, 0.1) is 0 Å². The van der Waals surface area contributed by atoms with Crippen molar-refractivity contribution in [1.82, 2.24) is 9.97 Å². The van der Waals surface area contributed by atoms with Gasteiger partial charge < -0.3 is 10.4 Å². The van der Waals surface area contributed by atoms with Crippen molar-refractivity contribution < 1.29 is 36.2 Å². The number of nitrogens with zero attached hydrogens (tertiary/aromatic N) is 2. The molecule has 0 aliphatic heterocycles. The van der Waals surface area contributed by atoms with Crippen LogP contribution in [-0.2, 0) is 18.9 Å². The maximum absolute atomic E-state index is 12.8. The molecular weight excluding hydrogens is 356 g/mol. The molecule has 0 saturated carbocycles. The van der Waals surface area contributed by atoms with E-state index in [0.29, 0.717) is 12.1 Å². The summed E-state index contributed by atoms with van der Waals surface area (Å²) in [7, 11) is 0. The molecule has 2 aromatic rings. The van der Waals surface area contributed by atoms with Crippen LogP contribution in [0.4, 0.5) is 32.0 Å². The van der Waals surface area contributed by atoms with Crippen molar-refractivity contribution in [2.75, 3.05) is 5.32 Å². The number of halogens is 6. The molecule has 2 rings (SSSR count). The molecule has 0 unspecified atom stereocenters. The van der Waals surface area contributed by atoms with E-state index in [2.05, 4.69) is 15.3 Å². The van der Waals surface area contributed by atoms with Gasteiger partial charge in [-0.3, -0.25) is 0 Å². The summed E-state index contributed by atoms with van der Waals surface area (Å²) >= 11 is 0. The molecule has 0 radical (unpaired) electrons. The van der Waals surface area contributed by atoms with Crippen molar-refractivity contribution >= 4 is 11.7 Å². The van der Waals surface area contributed by atoms with Crippen LogP contribution < -0.4 is 5.32 Å². The van der Waals surface area contributed by atoms with E-state index in [0.717, 1.165) is 12.5 Å². The fourth-order valence-corrected chi connectivity index (χ4v) is 1.95. The number of aromatic carboxylic acids is 1. The van der Waals surface area contributed by atoms with E-state index in [4.69, 9.17) is 5.11 Å². The first-order valence-corrected chi connectivity index (χ1v) is 6.54. The summed E-state index contributed by atoms with van der Waals surface area (Å²) in [5.74, 6) is -1.43. The number of alkyl halides is 6. The van der Waals surface area contributed by atoms with E-state index in [1.807, 2.05) is 0 Å². The molecule has 1 aromatic heterocycles. The monoisotopic (exact) mass is 365 g/mol. The predicted octanol–water partition coefficient (Wildman–Crippen LogP) is 3.82. The highest BCUT2D eigenvalue weighted by Crippen LogP contribution is 2.36. The summed E-state index contributed by atoms with van der Waals surface area (Å²) in [6, 6.07) is 1.11. The number of aromatic nitrogens is 2. The van der Waals surface area contributed by atoms with Crippen molar-refractivity contribution in [3.63, 3.8) is 0 Å². The summed E-state index contributed by atoms with van der Waals surface area (Å²) in [4.78, 5) is 18.0. The number of hydrogen-bond donors (Lipinski definition) is 2. The van der Waals surface area contributed by atoms with E-state index in [-0.39, 0.29) is 17.3 Å². The Morgan fingerprint density at radius 1 is 1.04 bits per heavy atom. The normalized spacial score (nSPS) is 12.1. The Labute approximate surface area is 136 Å². The van der Waals surface area contributed by atoms with Crippen LogP contribution in [0.1, 0.15) is 27.2 Å². The Kier molecular flexibility index (Phi) is 4.86. The molecule has 0 fully saturated rings. The molecule has 11 heteroatoms. The third-order valence-electron chi connectivity index (χ3n) is 3.05. The Morgan fingerprint density at radius 3 is 2.08 bits per heavy atom. The second-order valence-corrected chi connectivity index (χ2v) is 4.86. The van der Waals surface area contributed by atoms with Gasteiger partial charge in [0.2, 0.25) is 0 Å². The molecule has 0 spiro atoms. The Morgan fingerprint density at radius 2 is 1.60 bits per heavy atom. The van der Waals surface area contributed by atoms with Crippen LogP contribution in [0.5, 0.6) is 0 Å². The van der Waals surface area contributed by atoms with Gasteiger partial charge in [0.25, 0.3) is 0 Å². The molecular formula is C14H9F6N3O2. The van der Waals surface area contributed by atoms with Crippen molar-refractivity contribution in [2.24, 2.45) is 0 Å². The molecule has 0 aliphatic rings. The van der Waals surface area contributed by atoms with Gasteiger partial charge in [0.15, 0.2) is 5.69 Å². The molecule has 0 atom stereocenters. The molecule has 1 aromatic carbocycles. The number of carboxylic acids is 1. The molecule has 5 nitrogen and oxygen atoms in total. The van der Waals surface area contributed by atoms with Gasteiger partial charge in [0.05, 0.1) is 23.0 Å². The minimum absolute atomic E-state index is 0.0117. The standard InChI is InChI=1S/C14H9F6N3O2/c15-13(16,17)8-1-7(2-9(3-8)14(18,19)20)4-22-10-5-21-6-23-11(10)12(24)25/h1-3,5-6,22H,4H2,(H,24,25). The first-order chi connectivity index (χ1) is 11.5. The van der Waals surface area contributed by atoms with Gasteiger partial charge in [-0.05, 0) is 23.8 Å². The maximum atomic E-state index is 12.8. The second-order valence-electron chi connectivity index (χ2n) is 4.86. The van der Waals surface area contributed by atoms with Gasteiger partial charge in [-0.2, -0.15) is 26.3 Å². The predicted molar refractivity (Wildman–Crippen MR) is 72.8 cm³/mol. The van der Waals surface area contributed by atoms with Crippen LogP contribution in [0.2, 0.25) is 0 Å². The van der Waals surface area contributed by atoms with E-state index in [1.54, 1.807) is 0 Å². The van der Waals surface area contributed by atoms with E-state index < -0.39 is 41.7 Å². The minimum atomic E-state index is -4.96. The lowest BCUT2D eigenvalue weighted by Gasteiger charge is -2.15. The number of nitrogens with one attached hydrogen (secondary N) is 1. The van der Waals surface area contributed by atoms with Crippen molar-refractivity contribution in [3.05, 3.63) is 53.1 Å². The minimum Gasteiger partial charge on any atom is -0.476 e. The summed E-state index contributed by atoms with van der Waals surface area (Å²) in [6.45, 7) is -0.485. The molecule has 1 heterocycles.